The third kappa shape index (κ3) is 3.88. The molecule has 0 fully saturated rings. The van der Waals surface area contributed by atoms with E-state index in [1.54, 1.807) is 0 Å². The molecule has 3 nitrogen and oxygen atoms in total. The zero-order chi connectivity index (χ0) is 16.3. The Kier molecular flexibility index (Phi) is 4.56. The standard InChI is InChI=1S/C15H13F4NO2/c1-21-11-6-7-13(16)12(8-11)14(20)9-2-4-10(5-3-9)22-15(17,18)19/h2-8,14H,20H2,1H3/t14-/m0/s1. The van der Waals surface area contributed by atoms with Crippen LogP contribution in [0.1, 0.15) is 17.2 Å². The highest BCUT2D eigenvalue weighted by molar-refractivity contribution is 5.39. The second-order valence-corrected chi connectivity index (χ2v) is 4.48. The highest BCUT2D eigenvalue weighted by Crippen LogP contribution is 2.28. The lowest BCUT2D eigenvalue weighted by atomic mass is 9.99. The molecule has 0 unspecified atom stereocenters. The van der Waals surface area contributed by atoms with E-state index < -0.39 is 18.2 Å². The van der Waals surface area contributed by atoms with Gasteiger partial charge in [0, 0.05) is 5.56 Å². The third-order valence-corrected chi connectivity index (χ3v) is 3.01. The molecule has 0 saturated carbocycles. The Morgan fingerprint density at radius 2 is 1.59 bits per heavy atom. The molecule has 0 aliphatic carbocycles. The predicted octanol–water partition coefficient (Wildman–Crippen LogP) is 3.78. The molecule has 0 aromatic heterocycles. The Balaban J connectivity index is 2.24. The van der Waals surface area contributed by atoms with Gasteiger partial charge in [-0.25, -0.2) is 4.39 Å². The van der Waals surface area contributed by atoms with Crippen LogP contribution in [0.3, 0.4) is 0 Å². The zero-order valence-electron chi connectivity index (χ0n) is 11.5. The van der Waals surface area contributed by atoms with Gasteiger partial charge in [0.05, 0.1) is 13.2 Å². The molecule has 0 aliphatic rings. The summed E-state index contributed by atoms with van der Waals surface area (Å²) >= 11 is 0. The highest BCUT2D eigenvalue weighted by Gasteiger charge is 2.31. The lowest BCUT2D eigenvalue weighted by molar-refractivity contribution is -0.274. The summed E-state index contributed by atoms with van der Waals surface area (Å²) in [4.78, 5) is 0. The number of hydrogen-bond donors (Lipinski definition) is 1. The number of nitrogens with two attached hydrogens (primary N) is 1. The average Bonchev–Trinajstić information content (AvgIpc) is 2.46. The van der Waals surface area contributed by atoms with Crippen LogP contribution < -0.4 is 15.2 Å². The van der Waals surface area contributed by atoms with Crippen LogP contribution in [-0.2, 0) is 0 Å². The van der Waals surface area contributed by atoms with E-state index in [-0.39, 0.29) is 11.3 Å². The summed E-state index contributed by atoms with van der Waals surface area (Å²) in [6, 6.07) is 8.23. The molecule has 0 saturated heterocycles. The predicted molar refractivity (Wildman–Crippen MR) is 72.1 cm³/mol. The number of halogens is 4. The van der Waals surface area contributed by atoms with Gasteiger partial charge in [0.2, 0.25) is 0 Å². The fraction of sp³-hybridized carbons (Fsp3) is 0.200. The van der Waals surface area contributed by atoms with E-state index in [9.17, 15) is 17.6 Å². The number of alkyl halides is 3. The Hall–Kier alpha value is -2.28. The quantitative estimate of drug-likeness (QED) is 0.873. The number of hydrogen-bond acceptors (Lipinski definition) is 3. The molecule has 0 aliphatic heterocycles. The van der Waals surface area contributed by atoms with Crippen molar-refractivity contribution < 1.29 is 27.0 Å². The smallest absolute Gasteiger partial charge is 0.497 e. The zero-order valence-corrected chi connectivity index (χ0v) is 11.5. The number of ether oxygens (including phenoxy) is 2. The van der Waals surface area contributed by atoms with E-state index in [4.69, 9.17) is 10.5 Å². The van der Waals surface area contributed by atoms with Crippen molar-refractivity contribution in [1.29, 1.82) is 0 Å². The van der Waals surface area contributed by atoms with Crippen molar-refractivity contribution in [2.75, 3.05) is 7.11 Å². The van der Waals surface area contributed by atoms with Crippen LogP contribution in [0.15, 0.2) is 42.5 Å². The molecular weight excluding hydrogens is 302 g/mol. The van der Waals surface area contributed by atoms with Crippen molar-refractivity contribution in [2.24, 2.45) is 5.73 Å². The maximum atomic E-state index is 13.8. The van der Waals surface area contributed by atoms with Gasteiger partial charge in [-0.05, 0) is 35.9 Å². The summed E-state index contributed by atoms with van der Waals surface area (Å²) in [6.07, 6.45) is -4.76. The largest absolute Gasteiger partial charge is 0.573 e. The van der Waals surface area contributed by atoms with Crippen LogP contribution in [-0.4, -0.2) is 13.5 Å². The molecule has 0 spiro atoms. The monoisotopic (exact) mass is 315 g/mol. The molecule has 0 heterocycles. The van der Waals surface area contributed by atoms with Crippen molar-refractivity contribution in [2.45, 2.75) is 12.4 Å². The fourth-order valence-electron chi connectivity index (χ4n) is 1.94. The van der Waals surface area contributed by atoms with Crippen LogP contribution >= 0.6 is 0 Å². The summed E-state index contributed by atoms with van der Waals surface area (Å²) in [5.74, 6) is -0.456. The maximum absolute atomic E-state index is 13.8. The lowest BCUT2D eigenvalue weighted by Gasteiger charge is -2.15. The molecule has 0 amide bonds. The third-order valence-electron chi connectivity index (χ3n) is 3.01. The molecule has 118 valence electrons. The topological polar surface area (TPSA) is 44.5 Å². The normalized spacial score (nSPS) is 12.8. The molecule has 2 rings (SSSR count). The summed E-state index contributed by atoms with van der Waals surface area (Å²) < 4.78 is 58.9. The van der Waals surface area contributed by atoms with Gasteiger partial charge in [0.25, 0.3) is 0 Å². The second kappa shape index (κ2) is 6.23. The van der Waals surface area contributed by atoms with E-state index in [2.05, 4.69) is 4.74 Å². The molecule has 0 bridgehead atoms. The highest BCUT2D eigenvalue weighted by atomic mass is 19.4. The van der Waals surface area contributed by atoms with Crippen LogP contribution in [0.4, 0.5) is 17.6 Å². The average molecular weight is 315 g/mol. The maximum Gasteiger partial charge on any atom is 0.573 e. The van der Waals surface area contributed by atoms with Gasteiger partial charge in [-0.1, -0.05) is 12.1 Å². The van der Waals surface area contributed by atoms with Crippen LogP contribution in [0.5, 0.6) is 11.5 Å². The SMILES string of the molecule is COc1ccc(F)c([C@@H](N)c2ccc(OC(F)(F)F)cc2)c1. The summed E-state index contributed by atoms with van der Waals surface area (Å²) in [7, 11) is 1.44. The molecule has 2 aromatic rings. The fourth-order valence-corrected chi connectivity index (χ4v) is 1.94. The first-order chi connectivity index (χ1) is 10.3. The Morgan fingerprint density at radius 3 is 2.14 bits per heavy atom. The molecule has 2 N–H and O–H groups in total. The minimum absolute atomic E-state index is 0.184. The van der Waals surface area contributed by atoms with Gasteiger partial charge >= 0.3 is 6.36 Å². The molecular formula is C15H13F4NO2. The summed E-state index contributed by atoms with van der Waals surface area (Å²) in [5.41, 5.74) is 6.59. The summed E-state index contributed by atoms with van der Waals surface area (Å²) in [5, 5.41) is 0. The van der Waals surface area contributed by atoms with Crippen molar-refractivity contribution >= 4 is 0 Å². The van der Waals surface area contributed by atoms with Gasteiger partial charge < -0.3 is 15.2 Å². The minimum Gasteiger partial charge on any atom is -0.497 e. The van der Waals surface area contributed by atoms with Gasteiger partial charge in [-0.15, -0.1) is 13.2 Å². The van der Waals surface area contributed by atoms with Crippen LogP contribution in [0.2, 0.25) is 0 Å². The van der Waals surface area contributed by atoms with Crippen molar-refractivity contribution in [3.63, 3.8) is 0 Å². The van der Waals surface area contributed by atoms with E-state index in [1.807, 2.05) is 0 Å². The van der Waals surface area contributed by atoms with Crippen molar-refractivity contribution in [3.05, 3.63) is 59.4 Å². The minimum atomic E-state index is -4.76. The molecule has 1 atom stereocenters. The van der Waals surface area contributed by atoms with Gasteiger partial charge in [-0.2, -0.15) is 0 Å². The van der Waals surface area contributed by atoms with E-state index in [1.165, 1.54) is 37.4 Å². The van der Waals surface area contributed by atoms with Crippen LogP contribution in [0, 0.1) is 5.82 Å². The van der Waals surface area contributed by atoms with Gasteiger partial charge in [-0.3, -0.25) is 0 Å². The second-order valence-electron chi connectivity index (χ2n) is 4.48. The van der Waals surface area contributed by atoms with Crippen molar-refractivity contribution in [1.82, 2.24) is 0 Å². The number of methoxy groups -OCH3 is 1. The van der Waals surface area contributed by atoms with Crippen LogP contribution in [0.25, 0.3) is 0 Å². The lowest BCUT2D eigenvalue weighted by Crippen LogP contribution is -2.17. The van der Waals surface area contributed by atoms with E-state index in [0.717, 1.165) is 12.1 Å². The Labute approximate surface area is 124 Å². The Bertz CT molecular complexity index is 641. The van der Waals surface area contributed by atoms with Gasteiger partial charge in [0.1, 0.15) is 17.3 Å². The molecule has 22 heavy (non-hydrogen) atoms. The van der Waals surface area contributed by atoms with Gasteiger partial charge in [0.15, 0.2) is 0 Å². The summed E-state index contributed by atoms with van der Waals surface area (Å²) in [6.45, 7) is 0. The Morgan fingerprint density at radius 1 is 1.00 bits per heavy atom. The molecule has 0 radical (unpaired) electrons. The first-order valence-corrected chi connectivity index (χ1v) is 6.25. The molecule has 2 aromatic carbocycles. The first kappa shape index (κ1) is 16.1. The number of rotatable bonds is 4. The first-order valence-electron chi connectivity index (χ1n) is 6.25. The van der Waals surface area contributed by atoms with E-state index >= 15 is 0 Å². The number of benzene rings is 2. The van der Waals surface area contributed by atoms with E-state index in [0.29, 0.717) is 11.3 Å². The van der Waals surface area contributed by atoms with Crippen molar-refractivity contribution in [3.8, 4) is 11.5 Å². The molecule has 7 heteroatoms.